The number of nitrogen functional groups attached to an aromatic ring is 1. The number of rotatable bonds is 3. The molecule has 1 heterocycles. The molecule has 0 aliphatic carbocycles. The third-order valence-electron chi connectivity index (χ3n) is 2.21. The number of nitrogens with zero attached hydrogens (tertiary/aromatic N) is 2. The van der Waals surface area contributed by atoms with E-state index in [-0.39, 0.29) is 41.8 Å². The van der Waals surface area contributed by atoms with Gasteiger partial charge >= 0.3 is 29.6 Å². The fourth-order valence-electron chi connectivity index (χ4n) is 1.32. The van der Waals surface area contributed by atoms with Gasteiger partial charge in [-0.1, -0.05) is 0 Å². The molecule has 96 valence electrons. The molecule has 0 saturated carbocycles. The van der Waals surface area contributed by atoms with E-state index in [4.69, 9.17) is 5.73 Å². The van der Waals surface area contributed by atoms with Gasteiger partial charge in [-0.15, -0.1) is 0 Å². The van der Waals surface area contributed by atoms with Crippen LogP contribution in [0.25, 0.3) is 0 Å². The molecule has 3 N–H and O–H groups in total. The Hall–Kier alpha value is -1.15. The first-order valence-corrected chi connectivity index (χ1v) is 6.64. The maximum Gasteiger partial charge on any atom is 1.00 e. The number of nitrogens with one attached hydrogen (secondary N) is 1. The molecule has 0 spiro atoms. The Kier molecular flexibility index (Phi) is 5.30. The van der Waals surface area contributed by atoms with Crippen LogP contribution >= 0.6 is 0 Å². The molecular formula is C11H13N4NaO2S. The number of aryl methyl sites for hydroxylation is 1. The molecule has 0 unspecified atom stereocenters. The van der Waals surface area contributed by atoms with E-state index in [1.807, 2.05) is 0 Å². The SMILES string of the molecule is Cc1ccnc(NS(=O)(=O)c2ccc(N)cc2)n1.[H-].[Na+]. The number of hydrogen-bond acceptors (Lipinski definition) is 5. The van der Waals surface area contributed by atoms with Crippen molar-refractivity contribution in [3.63, 3.8) is 0 Å². The van der Waals surface area contributed by atoms with E-state index < -0.39 is 10.0 Å². The van der Waals surface area contributed by atoms with E-state index in [1.165, 1.54) is 30.5 Å². The molecule has 1 aromatic heterocycles. The van der Waals surface area contributed by atoms with Crippen molar-refractivity contribution in [3.05, 3.63) is 42.2 Å². The van der Waals surface area contributed by atoms with E-state index >= 15 is 0 Å². The number of nitrogens with two attached hydrogens (primary N) is 1. The summed E-state index contributed by atoms with van der Waals surface area (Å²) in [6.07, 6.45) is 1.49. The summed E-state index contributed by atoms with van der Waals surface area (Å²) in [4.78, 5) is 7.93. The van der Waals surface area contributed by atoms with Crippen LogP contribution in [0.3, 0.4) is 0 Å². The van der Waals surface area contributed by atoms with Crippen molar-refractivity contribution in [2.45, 2.75) is 11.8 Å². The van der Waals surface area contributed by atoms with Gasteiger partial charge in [0.05, 0.1) is 4.90 Å². The van der Waals surface area contributed by atoms with Crippen molar-refractivity contribution < 1.29 is 39.4 Å². The van der Waals surface area contributed by atoms with E-state index in [1.54, 1.807) is 13.0 Å². The summed E-state index contributed by atoms with van der Waals surface area (Å²) < 4.78 is 26.3. The van der Waals surface area contributed by atoms with E-state index in [0.29, 0.717) is 11.4 Å². The van der Waals surface area contributed by atoms with Gasteiger partial charge in [0.25, 0.3) is 10.0 Å². The smallest absolute Gasteiger partial charge is 1.00 e. The number of benzene rings is 1. The Morgan fingerprint density at radius 2 is 1.84 bits per heavy atom. The molecule has 0 saturated heterocycles. The van der Waals surface area contributed by atoms with Gasteiger partial charge < -0.3 is 7.16 Å². The number of aromatic nitrogens is 2. The zero-order valence-electron chi connectivity index (χ0n) is 11.7. The van der Waals surface area contributed by atoms with E-state index in [0.717, 1.165) is 0 Å². The average Bonchev–Trinajstić information content (AvgIpc) is 2.29. The summed E-state index contributed by atoms with van der Waals surface area (Å²) in [6.45, 7) is 1.75. The maximum atomic E-state index is 12.0. The second-order valence-corrected chi connectivity index (χ2v) is 5.38. The Morgan fingerprint density at radius 1 is 1.21 bits per heavy atom. The van der Waals surface area contributed by atoms with Crippen LogP contribution in [0, 0.1) is 6.92 Å². The predicted molar refractivity (Wildman–Crippen MR) is 69.5 cm³/mol. The average molecular weight is 288 g/mol. The molecule has 2 aromatic rings. The van der Waals surface area contributed by atoms with Crippen molar-refractivity contribution in [3.8, 4) is 0 Å². The van der Waals surface area contributed by atoms with Crippen LogP contribution in [0.5, 0.6) is 0 Å². The molecule has 0 fully saturated rings. The monoisotopic (exact) mass is 288 g/mol. The van der Waals surface area contributed by atoms with Crippen LogP contribution in [-0.2, 0) is 10.0 Å². The molecule has 0 aliphatic rings. The fraction of sp³-hybridized carbons (Fsp3) is 0.0909. The number of hydrogen-bond donors (Lipinski definition) is 2. The minimum atomic E-state index is -3.68. The second kappa shape index (κ2) is 6.33. The zero-order chi connectivity index (χ0) is 13.2. The molecule has 6 nitrogen and oxygen atoms in total. The Labute approximate surface area is 135 Å². The molecule has 0 amide bonds. The third kappa shape index (κ3) is 4.17. The van der Waals surface area contributed by atoms with Gasteiger partial charge in [-0.25, -0.2) is 23.1 Å². The van der Waals surface area contributed by atoms with Crippen molar-refractivity contribution in [1.29, 1.82) is 0 Å². The topological polar surface area (TPSA) is 98.0 Å². The van der Waals surface area contributed by atoms with Crippen molar-refractivity contribution in [2.24, 2.45) is 0 Å². The molecule has 0 atom stereocenters. The third-order valence-corrected chi connectivity index (χ3v) is 3.55. The van der Waals surface area contributed by atoms with Crippen LogP contribution < -0.4 is 40.0 Å². The molecule has 19 heavy (non-hydrogen) atoms. The normalized spacial score (nSPS) is 10.6. The second-order valence-electron chi connectivity index (χ2n) is 3.70. The van der Waals surface area contributed by atoms with Gasteiger partial charge in [0.2, 0.25) is 5.95 Å². The van der Waals surface area contributed by atoms with Gasteiger partial charge in [-0.05, 0) is 37.3 Å². The van der Waals surface area contributed by atoms with Crippen molar-refractivity contribution in [2.75, 3.05) is 10.5 Å². The van der Waals surface area contributed by atoms with E-state index in [9.17, 15) is 8.42 Å². The van der Waals surface area contributed by atoms with Crippen molar-refractivity contribution in [1.82, 2.24) is 9.97 Å². The number of sulfonamides is 1. The Morgan fingerprint density at radius 3 is 2.42 bits per heavy atom. The van der Waals surface area contributed by atoms with E-state index in [2.05, 4.69) is 14.7 Å². The van der Waals surface area contributed by atoms with Gasteiger partial charge in [0, 0.05) is 17.6 Å². The molecule has 0 aliphatic heterocycles. The molecule has 8 heteroatoms. The summed E-state index contributed by atoms with van der Waals surface area (Å²) in [5.41, 5.74) is 6.68. The first-order valence-electron chi connectivity index (χ1n) is 5.15. The molecule has 2 rings (SSSR count). The van der Waals surface area contributed by atoms with Crippen LogP contribution in [-0.4, -0.2) is 18.4 Å². The molecular weight excluding hydrogens is 275 g/mol. The largest absolute Gasteiger partial charge is 1.00 e. The van der Waals surface area contributed by atoms with Crippen LogP contribution in [0.15, 0.2) is 41.4 Å². The summed E-state index contributed by atoms with van der Waals surface area (Å²) in [5, 5.41) is 0. The molecule has 0 bridgehead atoms. The summed E-state index contributed by atoms with van der Waals surface area (Å²) in [6, 6.07) is 7.57. The van der Waals surface area contributed by atoms with Gasteiger partial charge in [0.1, 0.15) is 0 Å². The predicted octanol–water partition coefficient (Wildman–Crippen LogP) is -1.72. The summed E-state index contributed by atoms with van der Waals surface area (Å²) >= 11 is 0. The van der Waals surface area contributed by atoms with Crippen molar-refractivity contribution >= 4 is 21.7 Å². The van der Waals surface area contributed by atoms with Crippen LogP contribution in [0.2, 0.25) is 0 Å². The standard InChI is InChI=1S/C11H12N4O2S.Na.H/c1-8-6-7-13-11(14-8)15-18(16,17)10-4-2-9(12)3-5-10;;/h2-7H,12H2,1H3,(H,13,14,15);;/q;+1;-1. The minimum absolute atomic E-state index is 0. The first-order chi connectivity index (χ1) is 8.47. The van der Waals surface area contributed by atoms with Crippen LogP contribution in [0.4, 0.5) is 11.6 Å². The summed E-state index contributed by atoms with van der Waals surface area (Å²) in [5.74, 6) is 0.0480. The minimum Gasteiger partial charge on any atom is -1.00 e. The zero-order valence-corrected chi connectivity index (χ0v) is 13.5. The molecule has 0 radical (unpaired) electrons. The first kappa shape index (κ1) is 15.9. The van der Waals surface area contributed by atoms with Gasteiger partial charge in [-0.3, -0.25) is 0 Å². The van der Waals surface area contributed by atoms with Gasteiger partial charge in [0.15, 0.2) is 0 Å². The maximum absolute atomic E-state index is 12.0. The number of anilines is 2. The van der Waals surface area contributed by atoms with Gasteiger partial charge in [-0.2, -0.15) is 0 Å². The molecule has 1 aromatic carbocycles. The summed E-state index contributed by atoms with van der Waals surface area (Å²) in [7, 11) is -3.68. The fourth-order valence-corrected chi connectivity index (χ4v) is 2.28. The quantitative estimate of drug-likeness (QED) is 0.517. The Balaban J connectivity index is 0.00000180. The van der Waals surface area contributed by atoms with Crippen LogP contribution in [0.1, 0.15) is 7.12 Å². The Bertz CT molecular complexity index is 664.